The summed E-state index contributed by atoms with van der Waals surface area (Å²) in [6.45, 7) is 7.23. The van der Waals surface area contributed by atoms with Crippen LogP contribution >= 0.6 is 0 Å². The number of para-hydroxylation sites is 1. The first kappa shape index (κ1) is 19.6. The SMILES string of the molecule is CCN(CC)C(C)OC(=O)c1cccc2c(-c3ccccc3)c([N+](=O)[O-])oc12. The lowest BCUT2D eigenvalue weighted by Crippen LogP contribution is -2.36. The summed E-state index contributed by atoms with van der Waals surface area (Å²) < 4.78 is 11.1. The van der Waals surface area contributed by atoms with E-state index in [2.05, 4.69) is 0 Å². The Kier molecular flexibility index (Phi) is 5.75. The largest absolute Gasteiger partial charge is 0.443 e. The smallest absolute Gasteiger partial charge is 0.442 e. The van der Waals surface area contributed by atoms with Crippen LogP contribution in [-0.2, 0) is 4.74 Å². The molecule has 28 heavy (non-hydrogen) atoms. The number of ether oxygens (including phenoxy) is 1. The van der Waals surface area contributed by atoms with E-state index in [4.69, 9.17) is 9.15 Å². The Morgan fingerprint density at radius 1 is 1.14 bits per heavy atom. The molecule has 0 saturated heterocycles. The molecule has 1 aromatic heterocycles. The molecule has 3 rings (SSSR count). The molecular weight excluding hydrogens is 360 g/mol. The first-order chi connectivity index (χ1) is 13.5. The molecule has 0 radical (unpaired) electrons. The maximum Gasteiger partial charge on any atom is 0.442 e. The molecule has 7 nitrogen and oxygen atoms in total. The van der Waals surface area contributed by atoms with Gasteiger partial charge in [0, 0.05) is 5.39 Å². The highest BCUT2D eigenvalue weighted by molar-refractivity contribution is 6.08. The van der Waals surface area contributed by atoms with Crippen molar-refractivity contribution in [3.8, 4) is 11.1 Å². The molecule has 0 aliphatic rings. The highest BCUT2D eigenvalue weighted by atomic mass is 16.6. The van der Waals surface area contributed by atoms with Gasteiger partial charge >= 0.3 is 11.9 Å². The van der Waals surface area contributed by atoms with E-state index in [0.29, 0.717) is 16.5 Å². The summed E-state index contributed by atoms with van der Waals surface area (Å²) in [4.78, 5) is 25.7. The lowest BCUT2D eigenvalue weighted by Gasteiger charge is -2.25. The van der Waals surface area contributed by atoms with Crippen molar-refractivity contribution in [2.24, 2.45) is 0 Å². The summed E-state index contributed by atoms with van der Waals surface area (Å²) >= 11 is 0. The molecule has 1 atom stereocenters. The molecule has 0 saturated carbocycles. The first-order valence-electron chi connectivity index (χ1n) is 9.18. The summed E-state index contributed by atoms with van der Waals surface area (Å²) in [5.74, 6) is -0.966. The van der Waals surface area contributed by atoms with Gasteiger partial charge in [-0.1, -0.05) is 56.3 Å². The number of furan rings is 1. The van der Waals surface area contributed by atoms with E-state index < -0.39 is 23.0 Å². The fourth-order valence-electron chi connectivity index (χ4n) is 3.31. The van der Waals surface area contributed by atoms with Gasteiger partial charge in [-0.3, -0.25) is 15.0 Å². The molecule has 0 spiro atoms. The van der Waals surface area contributed by atoms with Crippen LogP contribution in [0.2, 0.25) is 0 Å². The third kappa shape index (κ3) is 3.61. The van der Waals surface area contributed by atoms with E-state index in [0.717, 1.165) is 13.1 Å². The molecule has 1 heterocycles. The maximum absolute atomic E-state index is 12.8. The van der Waals surface area contributed by atoms with Crippen molar-refractivity contribution in [1.82, 2.24) is 4.90 Å². The summed E-state index contributed by atoms with van der Waals surface area (Å²) in [6, 6.07) is 13.9. The monoisotopic (exact) mass is 382 g/mol. The fourth-order valence-corrected chi connectivity index (χ4v) is 3.31. The minimum absolute atomic E-state index is 0.157. The minimum atomic E-state index is -0.576. The van der Waals surface area contributed by atoms with Crippen LogP contribution in [0.3, 0.4) is 0 Å². The van der Waals surface area contributed by atoms with Crippen LogP contribution in [0.25, 0.3) is 22.1 Å². The van der Waals surface area contributed by atoms with E-state index in [9.17, 15) is 14.9 Å². The van der Waals surface area contributed by atoms with Crippen molar-refractivity contribution < 1.29 is 18.9 Å². The number of rotatable bonds is 7. The van der Waals surface area contributed by atoms with E-state index in [-0.39, 0.29) is 11.1 Å². The van der Waals surface area contributed by atoms with Gasteiger partial charge in [0.25, 0.3) is 0 Å². The summed E-state index contributed by atoms with van der Waals surface area (Å²) in [5, 5.41) is 12.1. The molecule has 0 amide bonds. The fraction of sp³-hybridized carbons (Fsp3) is 0.286. The topological polar surface area (TPSA) is 85.8 Å². The van der Waals surface area contributed by atoms with Crippen molar-refractivity contribution in [2.45, 2.75) is 27.0 Å². The predicted molar refractivity (Wildman–Crippen MR) is 106 cm³/mol. The zero-order valence-electron chi connectivity index (χ0n) is 16.0. The zero-order valence-corrected chi connectivity index (χ0v) is 16.0. The normalized spacial score (nSPS) is 12.3. The van der Waals surface area contributed by atoms with E-state index in [1.807, 2.05) is 24.8 Å². The van der Waals surface area contributed by atoms with E-state index in [1.165, 1.54) is 0 Å². The lowest BCUT2D eigenvalue weighted by atomic mass is 10.0. The number of nitrogens with zero attached hydrogens (tertiary/aromatic N) is 2. The Labute approximate surface area is 162 Å². The number of hydrogen-bond donors (Lipinski definition) is 0. The second-order valence-corrected chi connectivity index (χ2v) is 6.31. The zero-order chi connectivity index (χ0) is 20.3. The number of hydrogen-bond acceptors (Lipinski definition) is 6. The molecule has 7 heteroatoms. The third-order valence-corrected chi connectivity index (χ3v) is 4.75. The second kappa shape index (κ2) is 8.22. The van der Waals surface area contributed by atoms with Crippen LogP contribution in [0.1, 0.15) is 31.1 Å². The Balaban J connectivity index is 2.09. The van der Waals surface area contributed by atoms with Crippen molar-refractivity contribution in [1.29, 1.82) is 0 Å². The molecular formula is C21H22N2O5. The average Bonchev–Trinajstić information content (AvgIpc) is 3.09. The van der Waals surface area contributed by atoms with Gasteiger partial charge in [0.05, 0.1) is 0 Å². The summed E-state index contributed by atoms with van der Waals surface area (Å²) in [5.41, 5.74) is 1.33. The average molecular weight is 382 g/mol. The van der Waals surface area contributed by atoms with E-state index >= 15 is 0 Å². The van der Waals surface area contributed by atoms with Crippen LogP contribution in [0, 0.1) is 10.1 Å². The minimum Gasteiger partial charge on any atom is -0.443 e. The van der Waals surface area contributed by atoms with Gasteiger partial charge in [0.15, 0.2) is 11.8 Å². The summed E-state index contributed by atoms with van der Waals surface area (Å²) in [6.07, 6.45) is -0.420. The lowest BCUT2D eigenvalue weighted by molar-refractivity contribution is -0.400. The first-order valence-corrected chi connectivity index (χ1v) is 9.18. The van der Waals surface area contributed by atoms with Crippen LogP contribution in [-0.4, -0.2) is 35.1 Å². The summed E-state index contributed by atoms with van der Waals surface area (Å²) in [7, 11) is 0. The van der Waals surface area contributed by atoms with Gasteiger partial charge in [0.1, 0.15) is 16.1 Å². The van der Waals surface area contributed by atoms with Crippen molar-refractivity contribution in [2.75, 3.05) is 13.1 Å². The van der Waals surface area contributed by atoms with Gasteiger partial charge in [-0.25, -0.2) is 4.79 Å². The number of carbonyl (C=O) groups is 1. The Hall–Kier alpha value is -3.19. The van der Waals surface area contributed by atoms with Crippen LogP contribution in [0.15, 0.2) is 52.9 Å². The van der Waals surface area contributed by atoms with Crippen LogP contribution in [0.4, 0.5) is 5.88 Å². The highest BCUT2D eigenvalue weighted by Crippen LogP contribution is 2.41. The number of benzene rings is 2. The number of nitro groups is 1. The molecule has 0 bridgehead atoms. The van der Waals surface area contributed by atoms with Crippen molar-refractivity contribution in [3.63, 3.8) is 0 Å². The molecule has 1 unspecified atom stereocenters. The molecule has 3 aromatic rings. The molecule has 0 aliphatic carbocycles. The van der Waals surface area contributed by atoms with Gasteiger partial charge in [-0.05, 0) is 31.6 Å². The Bertz CT molecular complexity index is 993. The second-order valence-electron chi connectivity index (χ2n) is 6.31. The van der Waals surface area contributed by atoms with E-state index in [1.54, 1.807) is 49.4 Å². The quantitative estimate of drug-likeness (QED) is 0.251. The Morgan fingerprint density at radius 2 is 1.82 bits per heavy atom. The molecule has 0 fully saturated rings. The standard InChI is InChI=1S/C21H22N2O5/c1-4-22(5-2)14(3)27-21(24)17-13-9-12-16-18(15-10-7-6-8-11-15)20(23(25)26)28-19(16)17/h6-14H,4-5H2,1-3H3. The molecule has 146 valence electrons. The van der Waals surface area contributed by atoms with Crippen molar-refractivity contribution >= 4 is 22.8 Å². The molecule has 0 N–H and O–H groups in total. The van der Waals surface area contributed by atoms with Crippen LogP contribution in [0.5, 0.6) is 0 Å². The maximum atomic E-state index is 12.8. The van der Waals surface area contributed by atoms with Crippen LogP contribution < -0.4 is 0 Å². The third-order valence-electron chi connectivity index (χ3n) is 4.75. The Morgan fingerprint density at radius 3 is 2.43 bits per heavy atom. The van der Waals surface area contributed by atoms with Crippen molar-refractivity contribution in [3.05, 3.63) is 64.2 Å². The number of fused-ring (bicyclic) bond motifs is 1. The molecule has 2 aromatic carbocycles. The van der Waals surface area contributed by atoms with Gasteiger partial charge < -0.3 is 9.15 Å². The number of esters is 1. The van der Waals surface area contributed by atoms with Gasteiger partial charge in [0.2, 0.25) is 0 Å². The number of carbonyl (C=O) groups excluding carboxylic acids is 1. The van der Waals surface area contributed by atoms with Gasteiger partial charge in [-0.2, -0.15) is 0 Å². The highest BCUT2D eigenvalue weighted by Gasteiger charge is 2.29. The predicted octanol–water partition coefficient (Wildman–Crippen LogP) is 4.85. The van der Waals surface area contributed by atoms with Gasteiger partial charge in [-0.15, -0.1) is 0 Å². The molecule has 0 aliphatic heterocycles.